The first-order valence-electron chi connectivity index (χ1n) is 6.69. The molecule has 2 aromatic heterocycles. The molecule has 0 saturated carbocycles. The van der Waals surface area contributed by atoms with Crippen LogP contribution in [0.15, 0.2) is 18.7 Å². The maximum atomic E-state index is 4.19. The molecule has 19 heavy (non-hydrogen) atoms. The maximum Gasteiger partial charge on any atom is 0.0965 e. The van der Waals surface area contributed by atoms with Gasteiger partial charge in [-0.1, -0.05) is 19.1 Å². The molecule has 0 radical (unpaired) electrons. The number of imidazole rings is 1. The van der Waals surface area contributed by atoms with E-state index in [4.69, 9.17) is 0 Å². The number of nitrogens with zero attached hydrogens (tertiary/aromatic N) is 5. The molecule has 0 spiro atoms. The second-order valence-electron chi connectivity index (χ2n) is 5.33. The number of aromatic nitrogens is 5. The van der Waals surface area contributed by atoms with Gasteiger partial charge in [-0.15, -0.1) is 5.10 Å². The highest BCUT2D eigenvalue weighted by Crippen LogP contribution is 2.10. The van der Waals surface area contributed by atoms with Crippen molar-refractivity contribution in [3.63, 3.8) is 0 Å². The van der Waals surface area contributed by atoms with E-state index in [2.05, 4.69) is 52.9 Å². The van der Waals surface area contributed by atoms with Gasteiger partial charge >= 0.3 is 0 Å². The van der Waals surface area contributed by atoms with E-state index in [-0.39, 0.29) is 0 Å². The Balaban J connectivity index is 2.01. The first kappa shape index (κ1) is 13.7. The van der Waals surface area contributed by atoms with Crippen LogP contribution < -0.4 is 5.32 Å². The summed E-state index contributed by atoms with van der Waals surface area (Å²) < 4.78 is 4.00. The average molecular weight is 262 g/mol. The fraction of sp³-hybridized carbons (Fsp3) is 0.615. The highest BCUT2D eigenvalue weighted by Gasteiger charge is 2.08. The molecule has 0 amide bonds. The van der Waals surface area contributed by atoms with Crippen molar-refractivity contribution >= 4 is 0 Å². The molecule has 2 aromatic rings. The van der Waals surface area contributed by atoms with Crippen LogP contribution in [-0.4, -0.2) is 30.6 Å². The molecular weight excluding hydrogens is 240 g/mol. The Morgan fingerprint density at radius 3 is 2.74 bits per heavy atom. The number of hydrogen-bond donors (Lipinski definition) is 1. The van der Waals surface area contributed by atoms with Gasteiger partial charge in [-0.3, -0.25) is 0 Å². The molecule has 1 N–H and O–H groups in total. The lowest BCUT2D eigenvalue weighted by molar-refractivity contribution is 0.541. The Hall–Kier alpha value is -1.69. The number of nitrogens with one attached hydrogen (secondary N) is 1. The van der Waals surface area contributed by atoms with E-state index in [0.29, 0.717) is 18.6 Å². The van der Waals surface area contributed by atoms with Crippen molar-refractivity contribution in [2.24, 2.45) is 0 Å². The van der Waals surface area contributed by atoms with Crippen LogP contribution in [0.4, 0.5) is 0 Å². The summed E-state index contributed by atoms with van der Waals surface area (Å²) >= 11 is 0. The third-order valence-electron chi connectivity index (χ3n) is 2.90. The zero-order valence-corrected chi connectivity index (χ0v) is 12.0. The van der Waals surface area contributed by atoms with Crippen LogP contribution in [0.1, 0.15) is 45.1 Å². The summed E-state index contributed by atoms with van der Waals surface area (Å²) in [6.07, 6.45) is 5.72. The smallest absolute Gasteiger partial charge is 0.0965 e. The Morgan fingerprint density at radius 1 is 1.26 bits per heavy atom. The molecule has 0 aliphatic rings. The summed E-state index contributed by atoms with van der Waals surface area (Å²) in [5.74, 6) is 0. The van der Waals surface area contributed by atoms with Gasteiger partial charge in [0, 0.05) is 18.6 Å². The van der Waals surface area contributed by atoms with Gasteiger partial charge in [-0.05, 0) is 13.8 Å². The first-order chi connectivity index (χ1) is 9.06. The van der Waals surface area contributed by atoms with Gasteiger partial charge in [0.15, 0.2) is 0 Å². The van der Waals surface area contributed by atoms with E-state index in [1.165, 1.54) is 0 Å². The van der Waals surface area contributed by atoms with Crippen molar-refractivity contribution in [2.45, 2.75) is 52.9 Å². The van der Waals surface area contributed by atoms with Crippen molar-refractivity contribution in [2.75, 3.05) is 0 Å². The van der Waals surface area contributed by atoms with Crippen LogP contribution in [0.5, 0.6) is 0 Å². The van der Waals surface area contributed by atoms with Crippen LogP contribution in [0.25, 0.3) is 0 Å². The van der Waals surface area contributed by atoms with Crippen LogP contribution in [-0.2, 0) is 13.1 Å². The summed E-state index contributed by atoms with van der Waals surface area (Å²) in [7, 11) is 0. The Kier molecular flexibility index (Phi) is 4.31. The number of rotatable bonds is 6. The molecule has 104 valence electrons. The van der Waals surface area contributed by atoms with E-state index in [1.54, 1.807) is 0 Å². The van der Waals surface area contributed by atoms with Gasteiger partial charge in [0.1, 0.15) is 0 Å². The lowest BCUT2D eigenvalue weighted by Crippen LogP contribution is -2.21. The molecule has 0 aliphatic carbocycles. The van der Waals surface area contributed by atoms with Crippen LogP contribution in [0, 0.1) is 0 Å². The zero-order chi connectivity index (χ0) is 13.8. The van der Waals surface area contributed by atoms with Gasteiger partial charge in [0.2, 0.25) is 0 Å². The average Bonchev–Trinajstić information content (AvgIpc) is 2.96. The summed E-state index contributed by atoms with van der Waals surface area (Å²) in [6, 6.07) is 0.857. The molecule has 6 heteroatoms. The lowest BCUT2D eigenvalue weighted by Gasteiger charge is -2.11. The summed E-state index contributed by atoms with van der Waals surface area (Å²) in [5, 5.41) is 11.6. The predicted molar refractivity (Wildman–Crippen MR) is 73.7 cm³/mol. The molecule has 0 unspecified atom stereocenters. The Morgan fingerprint density at radius 2 is 2.05 bits per heavy atom. The zero-order valence-electron chi connectivity index (χ0n) is 12.0. The van der Waals surface area contributed by atoms with Gasteiger partial charge in [0.25, 0.3) is 0 Å². The largest absolute Gasteiger partial charge is 0.330 e. The molecule has 0 saturated heterocycles. The van der Waals surface area contributed by atoms with Gasteiger partial charge in [0.05, 0.1) is 36.7 Å². The van der Waals surface area contributed by atoms with Gasteiger partial charge < -0.3 is 9.88 Å². The van der Waals surface area contributed by atoms with Crippen molar-refractivity contribution in [3.05, 3.63) is 30.1 Å². The van der Waals surface area contributed by atoms with Crippen molar-refractivity contribution in [3.8, 4) is 0 Å². The second-order valence-corrected chi connectivity index (χ2v) is 5.33. The minimum atomic E-state index is 0.406. The van der Waals surface area contributed by atoms with Crippen LogP contribution in [0.3, 0.4) is 0 Å². The van der Waals surface area contributed by atoms with E-state index >= 15 is 0 Å². The molecular formula is C13H22N6. The molecule has 0 bridgehead atoms. The topological polar surface area (TPSA) is 60.6 Å². The summed E-state index contributed by atoms with van der Waals surface area (Å²) in [6.45, 7) is 9.97. The molecule has 0 aromatic carbocycles. The van der Waals surface area contributed by atoms with Gasteiger partial charge in [-0.2, -0.15) is 0 Å². The standard InChI is InChI=1S/C13H22N6/c1-10(2)15-5-12-7-18(17-16-12)8-13-6-14-9-19(13)11(3)4/h6-7,9-11,15H,5,8H2,1-4H3. The monoisotopic (exact) mass is 262 g/mol. The fourth-order valence-electron chi connectivity index (χ4n) is 1.89. The molecule has 2 rings (SSSR count). The SMILES string of the molecule is CC(C)NCc1cn(Cc2cncn2C(C)C)nn1. The van der Waals surface area contributed by atoms with E-state index in [9.17, 15) is 0 Å². The Labute approximate surface area is 113 Å². The highest BCUT2D eigenvalue weighted by atomic mass is 15.4. The van der Waals surface area contributed by atoms with E-state index < -0.39 is 0 Å². The van der Waals surface area contributed by atoms with Crippen LogP contribution >= 0.6 is 0 Å². The summed E-state index contributed by atoms with van der Waals surface area (Å²) in [5.41, 5.74) is 2.10. The quantitative estimate of drug-likeness (QED) is 0.859. The first-order valence-corrected chi connectivity index (χ1v) is 6.69. The predicted octanol–water partition coefficient (Wildman–Crippen LogP) is 1.60. The molecule has 6 nitrogen and oxygen atoms in total. The molecule has 2 heterocycles. The minimum Gasteiger partial charge on any atom is -0.330 e. The number of hydrogen-bond acceptors (Lipinski definition) is 4. The van der Waals surface area contributed by atoms with Crippen LogP contribution in [0.2, 0.25) is 0 Å². The molecule has 0 fully saturated rings. The second kappa shape index (κ2) is 5.97. The Bertz CT molecular complexity index is 511. The van der Waals surface area contributed by atoms with Gasteiger partial charge in [-0.25, -0.2) is 9.67 Å². The summed E-state index contributed by atoms with van der Waals surface area (Å²) in [4.78, 5) is 4.19. The third-order valence-corrected chi connectivity index (χ3v) is 2.90. The minimum absolute atomic E-state index is 0.406. The van der Waals surface area contributed by atoms with Crippen molar-refractivity contribution in [1.82, 2.24) is 29.9 Å². The normalized spacial score (nSPS) is 11.7. The lowest BCUT2D eigenvalue weighted by atomic mass is 10.3. The maximum absolute atomic E-state index is 4.19. The third kappa shape index (κ3) is 3.64. The molecule has 0 atom stereocenters. The van der Waals surface area contributed by atoms with Crippen molar-refractivity contribution < 1.29 is 0 Å². The van der Waals surface area contributed by atoms with E-state index in [1.807, 2.05) is 23.4 Å². The van der Waals surface area contributed by atoms with E-state index in [0.717, 1.165) is 17.9 Å². The fourth-order valence-corrected chi connectivity index (χ4v) is 1.89. The van der Waals surface area contributed by atoms with Crippen molar-refractivity contribution in [1.29, 1.82) is 0 Å². The molecule has 0 aliphatic heterocycles. The highest BCUT2D eigenvalue weighted by molar-refractivity contribution is 5.02.